The molecule has 2 aromatic rings. The van der Waals surface area contributed by atoms with Crippen molar-refractivity contribution in [1.29, 1.82) is 0 Å². The van der Waals surface area contributed by atoms with E-state index in [4.69, 9.17) is 0 Å². The van der Waals surface area contributed by atoms with Gasteiger partial charge in [0.05, 0.1) is 17.6 Å². The minimum atomic E-state index is -3.27. The standard InChI is InChI=1S/C15H19N3O2S/c1-3-10-21(19,20)18-14-8-9-15(16-11-14)17-13-6-4-12(2)5-7-13/h4-9,11,18H,3,10H2,1-2H3,(H,16,17). The van der Waals surface area contributed by atoms with Crippen molar-refractivity contribution >= 4 is 27.2 Å². The van der Waals surface area contributed by atoms with Gasteiger partial charge in [0.15, 0.2) is 0 Å². The molecular formula is C15H19N3O2S. The lowest BCUT2D eigenvalue weighted by Gasteiger charge is -2.09. The van der Waals surface area contributed by atoms with Gasteiger partial charge in [0.1, 0.15) is 5.82 Å². The lowest BCUT2D eigenvalue weighted by Crippen LogP contribution is -2.16. The molecule has 5 nitrogen and oxygen atoms in total. The smallest absolute Gasteiger partial charge is 0.232 e. The zero-order valence-electron chi connectivity index (χ0n) is 12.1. The Kier molecular flexibility index (Phi) is 4.80. The molecule has 2 rings (SSSR count). The highest BCUT2D eigenvalue weighted by Crippen LogP contribution is 2.17. The second-order valence-corrected chi connectivity index (χ2v) is 6.69. The lowest BCUT2D eigenvalue weighted by molar-refractivity contribution is 0.600. The Labute approximate surface area is 125 Å². The Morgan fingerprint density at radius 3 is 2.29 bits per heavy atom. The first-order valence-electron chi connectivity index (χ1n) is 6.79. The first-order valence-corrected chi connectivity index (χ1v) is 8.44. The van der Waals surface area contributed by atoms with Crippen molar-refractivity contribution in [2.75, 3.05) is 15.8 Å². The maximum Gasteiger partial charge on any atom is 0.232 e. The van der Waals surface area contributed by atoms with Crippen molar-refractivity contribution in [1.82, 2.24) is 4.98 Å². The highest BCUT2D eigenvalue weighted by Gasteiger charge is 2.08. The zero-order chi connectivity index (χ0) is 15.3. The van der Waals surface area contributed by atoms with Crippen molar-refractivity contribution in [2.24, 2.45) is 0 Å². The molecule has 0 unspecified atom stereocenters. The van der Waals surface area contributed by atoms with Gasteiger partial charge in [-0.15, -0.1) is 0 Å². The number of nitrogens with zero attached hydrogens (tertiary/aromatic N) is 1. The van der Waals surface area contributed by atoms with Crippen LogP contribution in [-0.4, -0.2) is 19.2 Å². The molecular weight excluding hydrogens is 286 g/mol. The first-order chi connectivity index (χ1) is 9.98. The largest absolute Gasteiger partial charge is 0.340 e. The van der Waals surface area contributed by atoms with Crippen LogP contribution >= 0.6 is 0 Å². The Hall–Kier alpha value is -2.08. The van der Waals surface area contributed by atoms with Gasteiger partial charge in [0.2, 0.25) is 10.0 Å². The van der Waals surface area contributed by atoms with Gasteiger partial charge < -0.3 is 5.32 Å². The van der Waals surface area contributed by atoms with Crippen molar-refractivity contribution in [3.63, 3.8) is 0 Å². The van der Waals surface area contributed by atoms with Crippen LogP contribution in [0.2, 0.25) is 0 Å². The van der Waals surface area contributed by atoms with Crippen LogP contribution in [0.1, 0.15) is 18.9 Å². The van der Waals surface area contributed by atoms with Crippen LogP contribution in [-0.2, 0) is 10.0 Å². The minimum Gasteiger partial charge on any atom is -0.340 e. The van der Waals surface area contributed by atoms with Crippen molar-refractivity contribution < 1.29 is 8.42 Å². The molecule has 0 spiro atoms. The third kappa shape index (κ3) is 4.75. The second kappa shape index (κ2) is 6.58. The summed E-state index contributed by atoms with van der Waals surface area (Å²) in [7, 11) is -3.27. The lowest BCUT2D eigenvalue weighted by atomic mass is 10.2. The number of hydrogen-bond donors (Lipinski definition) is 2. The summed E-state index contributed by atoms with van der Waals surface area (Å²) in [5.41, 5.74) is 2.60. The Morgan fingerprint density at radius 1 is 1.05 bits per heavy atom. The van der Waals surface area contributed by atoms with E-state index in [1.54, 1.807) is 12.1 Å². The fourth-order valence-corrected chi connectivity index (χ4v) is 2.93. The second-order valence-electron chi connectivity index (χ2n) is 4.84. The molecule has 21 heavy (non-hydrogen) atoms. The number of pyridine rings is 1. The van der Waals surface area contributed by atoms with Crippen LogP contribution in [0.4, 0.5) is 17.2 Å². The average molecular weight is 305 g/mol. The third-order valence-corrected chi connectivity index (χ3v) is 4.33. The molecule has 112 valence electrons. The van der Waals surface area contributed by atoms with Crippen molar-refractivity contribution in [3.05, 3.63) is 48.2 Å². The maximum absolute atomic E-state index is 11.7. The number of benzene rings is 1. The molecule has 0 fully saturated rings. The quantitative estimate of drug-likeness (QED) is 0.859. The number of aryl methyl sites for hydroxylation is 1. The Morgan fingerprint density at radius 2 is 1.71 bits per heavy atom. The van der Waals surface area contributed by atoms with Crippen molar-refractivity contribution in [2.45, 2.75) is 20.3 Å². The molecule has 0 saturated heterocycles. The van der Waals surface area contributed by atoms with Gasteiger partial charge in [-0.05, 0) is 37.6 Å². The molecule has 0 saturated carbocycles. The van der Waals surface area contributed by atoms with E-state index in [0.29, 0.717) is 17.9 Å². The highest BCUT2D eigenvalue weighted by molar-refractivity contribution is 7.92. The maximum atomic E-state index is 11.7. The van der Waals surface area contributed by atoms with Gasteiger partial charge in [-0.3, -0.25) is 4.72 Å². The molecule has 1 heterocycles. The van der Waals surface area contributed by atoms with E-state index in [1.165, 1.54) is 11.8 Å². The fraction of sp³-hybridized carbons (Fsp3) is 0.267. The summed E-state index contributed by atoms with van der Waals surface area (Å²) < 4.78 is 25.8. The molecule has 0 aliphatic rings. The predicted octanol–water partition coefficient (Wildman–Crippen LogP) is 3.29. The van der Waals surface area contributed by atoms with Gasteiger partial charge in [-0.2, -0.15) is 0 Å². The van der Waals surface area contributed by atoms with E-state index in [1.807, 2.05) is 38.1 Å². The average Bonchev–Trinajstić information content (AvgIpc) is 2.43. The van der Waals surface area contributed by atoms with E-state index in [-0.39, 0.29) is 5.75 Å². The topological polar surface area (TPSA) is 71.1 Å². The van der Waals surface area contributed by atoms with E-state index in [0.717, 1.165) is 5.69 Å². The van der Waals surface area contributed by atoms with Crippen LogP contribution < -0.4 is 10.0 Å². The summed E-state index contributed by atoms with van der Waals surface area (Å²) in [6.45, 7) is 3.85. The first kappa shape index (κ1) is 15.3. The Bertz CT molecular complexity index is 680. The third-order valence-electron chi connectivity index (χ3n) is 2.83. The van der Waals surface area contributed by atoms with Gasteiger partial charge in [-0.1, -0.05) is 24.6 Å². The molecule has 0 aliphatic carbocycles. The summed E-state index contributed by atoms with van der Waals surface area (Å²) >= 11 is 0. The van der Waals surface area contributed by atoms with E-state index in [2.05, 4.69) is 15.0 Å². The summed E-state index contributed by atoms with van der Waals surface area (Å²) in [5.74, 6) is 0.772. The predicted molar refractivity (Wildman–Crippen MR) is 86.4 cm³/mol. The van der Waals surface area contributed by atoms with Crippen LogP contribution in [0.5, 0.6) is 0 Å². The Balaban J connectivity index is 2.03. The molecule has 0 aliphatic heterocycles. The molecule has 1 aromatic carbocycles. The van der Waals surface area contributed by atoms with E-state index < -0.39 is 10.0 Å². The van der Waals surface area contributed by atoms with Gasteiger partial charge in [0.25, 0.3) is 0 Å². The van der Waals surface area contributed by atoms with Gasteiger partial charge in [-0.25, -0.2) is 13.4 Å². The zero-order valence-corrected chi connectivity index (χ0v) is 12.9. The van der Waals surface area contributed by atoms with Crippen LogP contribution in [0.15, 0.2) is 42.6 Å². The number of sulfonamides is 1. The number of rotatable bonds is 6. The SMILES string of the molecule is CCCS(=O)(=O)Nc1ccc(Nc2ccc(C)cc2)nc1. The van der Waals surface area contributed by atoms with Crippen LogP contribution in [0.3, 0.4) is 0 Å². The molecule has 0 amide bonds. The number of aromatic nitrogens is 1. The highest BCUT2D eigenvalue weighted by atomic mass is 32.2. The summed E-state index contributed by atoms with van der Waals surface area (Å²) in [4.78, 5) is 4.20. The van der Waals surface area contributed by atoms with E-state index in [9.17, 15) is 8.42 Å². The summed E-state index contributed by atoms with van der Waals surface area (Å²) in [6.07, 6.45) is 2.08. The molecule has 0 bridgehead atoms. The molecule has 1 aromatic heterocycles. The summed E-state index contributed by atoms with van der Waals surface area (Å²) in [6, 6.07) is 11.4. The number of nitrogens with one attached hydrogen (secondary N) is 2. The molecule has 0 atom stereocenters. The van der Waals surface area contributed by atoms with Crippen LogP contribution in [0.25, 0.3) is 0 Å². The van der Waals surface area contributed by atoms with E-state index >= 15 is 0 Å². The van der Waals surface area contributed by atoms with Gasteiger partial charge in [0, 0.05) is 5.69 Å². The number of hydrogen-bond acceptors (Lipinski definition) is 4. The minimum absolute atomic E-state index is 0.108. The normalized spacial score (nSPS) is 11.1. The monoisotopic (exact) mass is 305 g/mol. The number of anilines is 3. The fourth-order valence-electron chi connectivity index (χ4n) is 1.81. The molecule has 0 radical (unpaired) electrons. The van der Waals surface area contributed by atoms with Gasteiger partial charge >= 0.3 is 0 Å². The molecule has 6 heteroatoms. The summed E-state index contributed by atoms with van der Waals surface area (Å²) in [5, 5.41) is 3.16. The molecule has 2 N–H and O–H groups in total. The van der Waals surface area contributed by atoms with Crippen LogP contribution in [0, 0.1) is 6.92 Å². The van der Waals surface area contributed by atoms with Crippen molar-refractivity contribution in [3.8, 4) is 0 Å².